The number of hydrogen-bond donors (Lipinski definition) is 1. The van der Waals surface area contributed by atoms with Gasteiger partial charge >= 0.3 is 0 Å². The van der Waals surface area contributed by atoms with Crippen LogP contribution in [0.2, 0.25) is 0 Å². The fourth-order valence-corrected chi connectivity index (χ4v) is 3.51. The van der Waals surface area contributed by atoms with Gasteiger partial charge in [-0.25, -0.2) is 13.6 Å². The number of sulfonamides is 1. The Kier molecular flexibility index (Phi) is 4.69. The van der Waals surface area contributed by atoms with E-state index < -0.39 is 10.0 Å². The number of para-hydroxylation sites is 1. The van der Waals surface area contributed by atoms with Gasteiger partial charge in [0.15, 0.2) is 0 Å². The summed E-state index contributed by atoms with van der Waals surface area (Å²) in [6, 6.07) is 16.6. The van der Waals surface area contributed by atoms with Gasteiger partial charge in [-0.1, -0.05) is 30.3 Å². The molecule has 2 rings (SSSR count). The standard InChI is InChI=1S/C14H16N2O2S2/c1-2-16(19-12-8-4-3-5-9-12)13-10-6-7-11-14(13)20(15,17)18/h3-11H,2H2,1H3,(H2,15,17,18). The average Bonchev–Trinajstić information content (AvgIpc) is 2.45. The van der Waals surface area contributed by atoms with Gasteiger partial charge in [-0.15, -0.1) is 0 Å². The van der Waals surface area contributed by atoms with Crippen molar-refractivity contribution in [3.8, 4) is 0 Å². The lowest BCUT2D eigenvalue weighted by Crippen LogP contribution is -2.20. The minimum absolute atomic E-state index is 0.144. The maximum absolute atomic E-state index is 11.7. The first-order valence-corrected chi connectivity index (χ1v) is 8.46. The first kappa shape index (κ1) is 14.9. The second-order valence-electron chi connectivity index (χ2n) is 4.11. The zero-order valence-corrected chi connectivity index (χ0v) is 12.7. The Balaban J connectivity index is 2.38. The van der Waals surface area contributed by atoms with E-state index in [0.29, 0.717) is 12.2 Å². The maximum atomic E-state index is 11.7. The molecular weight excluding hydrogens is 292 g/mol. The molecule has 0 amide bonds. The summed E-state index contributed by atoms with van der Waals surface area (Å²) in [4.78, 5) is 1.18. The van der Waals surface area contributed by atoms with Gasteiger partial charge < -0.3 is 4.31 Å². The molecule has 2 N–H and O–H groups in total. The summed E-state index contributed by atoms with van der Waals surface area (Å²) in [5.41, 5.74) is 0.603. The molecule has 0 aliphatic carbocycles. The maximum Gasteiger partial charge on any atom is 0.240 e. The van der Waals surface area contributed by atoms with E-state index in [2.05, 4.69) is 0 Å². The highest BCUT2D eigenvalue weighted by molar-refractivity contribution is 8.00. The molecule has 0 aliphatic heterocycles. The SMILES string of the molecule is CCN(Sc1ccccc1)c1ccccc1S(N)(=O)=O. The van der Waals surface area contributed by atoms with Gasteiger partial charge in [-0.3, -0.25) is 0 Å². The van der Waals surface area contributed by atoms with E-state index in [1.807, 2.05) is 41.6 Å². The normalized spacial score (nSPS) is 11.3. The number of nitrogens with zero attached hydrogens (tertiary/aromatic N) is 1. The summed E-state index contributed by atoms with van der Waals surface area (Å²) < 4.78 is 25.2. The third-order valence-corrected chi connectivity index (χ3v) is 4.80. The van der Waals surface area contributed by atoms with Gasteiger partial charge in [0.05, 0.1) is 5.69 Å². The summed E-state index contributed by atoms with van der Waals surface area (Å²) in [5, 5.41) is 5.28. The highest BCUT2D eigenvalue weighted by Gasteiger charge is 2.18. The molecule has 0 aliphatic rings. The van der Waals surface area contributed by atoms with E-state index in [-0.39, 0.29) is 4.90 Å². The molecule has 106 valence electrons. The molecular formula is C14H16N2O2S2. The van der Waals surface area contributed by atoms with Gasteiger partial charge in [0, 0.05) is 11.4 Å². The van der Waals surface area contributed by atoms with Crippen LogP contribution in [0.15, 0.2) is 64.4 Å². The molecule has 0 fully saturated rings. The van der Waals surface area contributed by atoms with Crippen LogP contribution >= 0.6 is 11.9 Å². The Morgan fingerprint density at radius 3 is 2.25 bits per heavy atom. The van der Waals surface area contributed by atoms with E-state index in [4.69, 9.17) is 5.14 Å². The van der Waals surface area contributed by atoms with Crippen molar-refractivity contribution in [2.45, 2.75) is 16.7 Å². The topological polar surface area (TPSA) is 63.4 Å². The van der Waals surface area contributed by atoms with Crippen molar-refractivity contribution in [3.05, 3.63) is 54.6 Å². The van der Waals surface area contributed by atoms with Gasteiger partial charge in [0.1, 0.15) is 4.90 Å². The Morgan fingerprint density at radius 2 is 1.65 bits per heavy atom. The third kappa shape index (κ3) is 3.53. The molecule has 6 heteroatoms. The molecule has 0 atom stereocenters. The van der Waals surface area contributed by atoms with Gasteiger partial charge in [-0.2, -0.15) is 0 Å². The predicted octanol–water partition coefficient (Wildman–Crippen LogP) is 2.87. The largest absolute Gasteiger partial charge is 0.311 e. The zero-order valence-electron chi connectivity index (χ0n) is 11.1. The van der Waals surface area contributed by atoms with Crippen molar-refractivity contribution in [2.75, 3.05) is 10.8 Å². The minimum atomic E-state index is -3.74. The molecule has 2 aromatic carbocycles. The number of hydrogen-bond acceptors (Lipinski definition) is 4. The predicted molar refractivity (Wildman–Crippen MR) is 83.1 cm³/mol. The van der Waals surface area contributed by atoms with Crippen molar-refractivity contribution in [1.82, 2.24) is 0 Å². The van der Waals surface area contributed by atoms with Crippen LogP contribution in [-0.4, -0.2) is 15.0 Å². The molecule has 0 spiro atoms. The van der Waals surface area contributed by atoms with Gasteiger partial charge in [0.2, 0.25) is 10.0 Å². The van der Waals surface area contributed by atoms with Crippen molar-refractivity contribution in [3.63, 3.8) is 0 Å². The van der Waals surface area contributed by atoms with Gasteiger partial charge in [-0.05, 0) is 43.1 Å². The number of anilines is 1. The van der Waals surface area contributed by atoms with Crippen LogP contribution in [0.3, 0.4) is 0 Å². The number of nitrogens with two attached hydrogens (primary N) is 1. The van der Waals surface area contributed by atoms with E-state index in [1.54, 1.807) is 18.2 Å². The summed E-state index contributed by atoms with van der Waals surface area (Å²) >= 11 is 1.49. The molecule has 0 aromatic heterocycles. The molecule has 0 saturated carbocycles. The first-order chi connectivity index (χ1) is 9.52. The number of primary sulfonamides is 1. The van der Waals surface area contributed by atoms with Crippen molar-refractivity contribution in [1.29, 1.82) is 0 Å². The van der Waals surface area contributed by atoms with Crippen LogP contribution in [-0.2, 0) is 10.0 Å². The van der Waals surface area contributed by atoms with E-state index >= 15 is 0 Å². The highest BCUT2D eigenvalue weighted by Crippen LogP contribution is 2.32. The van der Waals surface area contributed by atoms with Crippen molar-refractivity contribution >= 4 is 27.7 Å². The Hall–Kier alpha value is -1.50. The smallest absolute Gasteiger partial charge is 0.240 e. The lowest BCUT2D eigenvalue weighted by molar-refractivity contribution is 0.598. The number of benzene rings is 2. The molecule has 20 heavy (non-hydrogen) atoms. The van der Waals surface area contributed by atoms with Crippen LogP contribution < -0.4 is 9.44 Å². The van der Waals surface area contributed by atoms with Crippen LogP contribution in [0.5, 0.6) is 0 Å². The van der Waals surface area contributed by atoms with Crippen molar-refractivity contribution in [2.24, 2.45) is 5.14 Å². The molecule has 4 nitrogen and oxygen atoms in total. The molecule has 0 saturated heterocycles. The third-order valence-electron chi connectivity index (χ3n) is 2.69. The average molecular weight is 308 g/mol. The summed E-state index contributed by atoms with van der Waals surface area (Å²) in [7, 11) is -3.74. The Bertz CT molecular complexity index is 673. The van der Waals surface area contributed by atoms with Crippen LogP contribution in [0.4, 0.5) is 5.69 Å². The van der Waals surface area contributed by atoms with Crippen molar-refractivity contribution < 1.29 is 8.42 Å². The summed E-state index contributed by atoms with van der Waals surface area (Å²) in [6.45, 7) is 2.63. The van der Waals surface area contributed by atoms with E-state index in [0.717, 1.165) is 4.90 Å². The minimum Gasteiger partial charge on any atom is -0.311 e. The summed E-state index contributed by atoms with van der Waals surface area (Å²) in [6.07, 6.45) is 0. The number of rotatable bonds is 5. The summed E-state index contributed by atoms with van der Waals surface area (Å²) in [5.74, 6) is 0. The molecule has 0 bridgehead atoms. The molecule has 0 radical (unpaired) electrons. The Morgan fingerprint density at radius 1 is 1.05 bits per heavy atom. The molecule has 0 heterocycles. The zero-order chi connectivity index (χ0) is 14.6. The Labute approximate surface area is 123 Å². The highest BCUT2D eigenvalue weighted by atomic mass is 32.2. The molecule has 2 aromatic rings. The first-order valence-electron chi connectivity index (χ1n) is 6.14. The second kappa shape index (κ2) is 6.30. The quantitative estimate of drug-likeness (QED) is 0.863. The molecule has 0 unspecified atom stereocenters. The van der Waals surface area contributed by atoms with Crippen LogP contribution in [0.25, 0.3) is 0 Å². The lowest BCUT2D eigenvalue weighted by Gasteiger charge is -2.23. The van der Waals surface area contributed by atoms with E-state index in [1.165, 1.54) is 18.0 Å². The van der Waals surface area contributed by atoms with Gasteiger partial charge in [0.25, 0.3) is 0 Å². The van der Waals surface area contributed by atoms with E-state index in [9.17, 15) is 8.42 Å². The van der Waals surface area contributed by atoms with Crippen LogP contribution in [0.1, 0.15) is 6.92 Å². The second-order valence-corrected chi connectivity index (χ2v) is 6.74. The van der Waals surface area contributed by atoms with Crippen LogP contribution in [0, 0.1) is 0 Å². The fourth-order valence-electron chi connectivity index (χ4n) is 1.80. The fraction of sp³-hybridized carbons (Fsp3) is 0.143. The monoisotopic (exact) mass is 308 g/mol. The lowest BCUT2D eigenvalue weighted by atomic mass is 10.3.